The van der Waals surface area contributed by atoms with E-state index in [0.29, 0.717) is 16.8 Å². The quantitative estimate of drug-likeness (QED) is 0.519. The zero-order valence-electron chi connectivity index (χ0n) is 17.7. The number of ether oxygens (including phenoxy) is 1. The van der Waals surface area contributed by atoms with Crippen LogP contribution in [-0.2, 0) is 24.3 Å². The van der Waals surface area contributed by atoms with E-state index in [-0.39, 0.29) is 22.7 Å². The van der Waals surface area contributed by atoms with Crippen LogP contribution in [0.1, 0.15) is 35.7 Å². The smallest absolute Gasteiger partial charge is 0.331 e. The van der Waals surface area contributed by atoms with Crippen LogP contribution in [0.3, 0.4) is 0 Å². The Morgan fingerprint density at radius 3 is 2.67 bits per heavy atom. The number of hydrogen-bond acceptors (Lipinski definition) is 7. The van der Waals surface area contributed by atoms with Gasteiger partial charge in [0.1, 0.15) is 11.9 Å². The van der Waals surface area contributed by atoms with E-state index in [9.17, 15) is 22.8 Å². The van der Waals surface area contributed by atoms with Gasteiger partial charge in [-0.25, -0.2) is 13.2 Å². The second kappa shape index (κ2) is 9.02. The van der Waals surface area contributed by atoms with Crippen LogP contribution in [-0.4, -0.2) is 50.7 Å². The van der Waals surface area contributed by atoms with Crippen molar-refractivity contribution < 1.29 is 27.5 Å². The number of fused-ring (bicyclic) bond motifs is 1. The van der Waals surface area contributed by atoms with E-state index in [0.717, 1.165) is 12.8 Å². The molecule has 0 saturated heterocycles. The first-order valence-corrected chi connectivity index (χ1v) is 11.8. The summed E-state index contributed by atoms with van der Waals surface area (Å²) in [4.78, 5) is 40.8. The predicted octanol–water partition coefficient (Wildman–Crippen LogP) is 1.19. The third-order valence-electron chi connectivity index (χ3n) is 4.99. The molecule has 2 aromatic carbocycles. The van der Waals surface area contributed by atoms with Gasteiger partial charge in [-0.15, -0.1) is 0 Å². The van der Waals surface area contributed by atoms with Crippen LogP contribution in [0.4, 0.5) is 5.69 Å². The lowest BCUT2D eigenvalue weighted by Crippen LogP contribution is -2.29. The van der Waals surface area contributed by atoms with Gasteiger partial charge in [-0.3, -0.25) is 19.3 Å². The number of rotatable bonds is 7. The highest BCUT2D eigenvalue weighted by molar-refractivity contribution is 7.90. The number of esters is 1. The fraction of sp³-hybridized carbons (Fsp3) is 0.273. The molecule has 33 heavy (non-hydrogen) atoms. The number of hydrogen-bond donors (Lipinski definition) is 3. The first-order valence-electron chi connectivity index (χ1n) is 10.3. The summed E-state index contributed by atoms with van der Waals surface area (Å²) in [7, 11) is -3.73. The molecule has 0 spiro atoms. The summed E-state index contributed by atoms with van der Waals surface area (Å²) in [6.45, 7) is 0.874. The van der Waals surface area contributed by atoms with Crippen molar-refractivity contribution in [1.29, 1.82) is 0 Å². The molecular weight excluding hydrogens is 448 g/mol. The molecule has 11 heteroatoms. The Balaban J connectivity index is 1.32. The number of nitrogens with zero attached hydrogens (tertiary/aromatic N) is 1. The van der Waals surface area contributed by atoms with Crippen LogP contribution in [0.25, 0.3) is 0 Å². The Labute approximate surface area is 190 Å². The van der Waals surface area contributed by atoms with Gasteiger partial charge in [0, 0.05) is 22.9 Å². The van der Waals surface area contributed by atoms with Crippen LogP contribution in [0, 0.1) is 0 Å². The standard InChI is InChI=1S/C22H22N4O6S/c1-13(23-20-17-7-2-3-8-18(17)33(30,31)26-20)22(29)32-12-19(27)24-16-6-4-5-14(11-16)21(28)25-15-9-10-15/h2-8,11,13,15H,9-10,12H2,1H3,(H,23,26)(H,24,27)(H,25,28)/t13-/m0/s1. The lowest BCUT2D eigenvalue weighted by molar-refractivity contribution is -0.148. The van der Waals surface area contributed by atoms with Crippen molar-refractivity contribution >= 4 is 39.3 Å². The molecule has 1 saturated carbocycles. The summed E-state index contributed by atoms with van der Waals surface area (Å²) in [5.74, 6) is -1.55. The number of aliphatic imine (C=N–C) groups is 1. The molecule has 1 fully saturated rings. The molecule has 1 atom stereocenters. The van der Waals surface area contributed by atoms with E-state index >= 15 is 0 Å². The monoisotopic (exact) mass is 470 g/mol. The summed E-state index contributed by atoms with van der Waals surface area (Å²) >= 11 is 0. The van der Waals surface area contributed by atoms with Gasteiger partial charge in [0.2, 0.25) is 0 Å². The van der Waals surface area contributed by atoms with Crippen LogP contribution in [0.5, 0.6) is 0 Å². The molecule has 172 valence electrons. The molecule has 0 bridgehead atoms. The van der Waals surface area contributed by atoms with Gasteiger partial charge in [-0.2, -0.15) is 0 Å². The van der Waals surface area contributed by atoms with Gasteiger partial charge in [0.25, 0.3) is 21.8 Å². The van der Waals surface area contributed by atoms with Crippen molar-refractivity contribution in [3.05, 3.63) is 59.7 Å². The number of sulfonamides is 1. The van der Waals surface area contributed by atoms with E-state index in [1.807, 2.05) is 0 Å². The summed E-state index contributed by atoms with van der Waals surface area (Å²) < 4.78 is 31.6. The van der Waals surface area contributed by atoms with E-state index in [1.165, 1.54) is 19.1 Å². The summed E-state index contributed by atoms with van der Waals surface area (Å²) in [6, 6.07) is 11.9. The maximum atomic E-state index is 12.3. The Morgan fingerprint density at radius 1 is 1.15 bits per heavy atom. The number of amides is 2. The van der Waals surface area contributed by atoms with Crippen molar-refractivity contribution in [3.63, 3.8) is 0 Å². The SMILES string of the molecule is C[C@H](N=C1NS(=O)(=O)c2ccccc21)C(=O)OCC(=O)Nc1cccc(C(=O)NC2CC2)c1. The zero-order valence-corrected chi connectivity index (χ0v) is 18.5. The van der Waals surface area contributed by atoms with Crippen LogP contribution in [0.2, 0.25) is 0 Å². The average Bonchev–Trinajstić information content (AvgIpc) is 3.56. The average molecular weight is 471 g/mol. The van der Waals surface area contributed by atoms with E-state index in [2.05, 4.69) is 20.3 Å². The zero-order chi connectivity index (χ0) is 23.6. The molecule has 0 radical (unpaired) electrons. The number of benzene rings is 2. The second-order valence-corrected chi connectivity index (χ2v) is 9.39. The molecule has 2 aliphatic rings. The Bertz CT molecular complexity index is 1250. The Kier molecular flexibility index (Phi) is 6.14. The molecule has 3 N–H and O–H groups in total. The fourth-order valence-corrected chi connectivity index (χ4v) is 4.40. The van der Waals surface area contributed by atoms with Crippen molar-refractivity contribution in [2.45, 2.75) is 36.7 Å². The maximum Gasteiger partial charge on any atom is 0.331 e. The first kappa shape index (κ1) is 22.5. The van der Waals surface area contributed by atoms with Crippen molar-refractivity contribution in [3.8, 4) is 0 Å². The molecule has 1 aliphatic carbocycles. The summed E-state index contributed by atoms with van der Waals surface area (Å²) in [5, 5.41) is 5.44. The second-order valence-electron chi connectivity index (χ2n) is 7.74. The third kappa shape index (κ3) is 5.37. The minimum Gasteiger partial charge on any atom is -0.454 e. The van der Waals surface area contributed by atoms with E-state index in [1.54, 1.807) is 36.4 Å². The number of amidine groups is 1. The van der Waals surface area contributed by atoms with Gasteiger partial charge in [-0.1, -0.05) is 18.2 Å². The van der Waals surface area contributed by atoms with Gasteiger partial charge in [0.05, 0.1) is 4.90 Å². The Morgan fingerprint density at radius 2 is 1.91 bits per heavy atom. The van der Waals surface area contributed by atoms with E-state index < -0.39 is 34.5 Å². The highest BCUT2D eigenvalue weighted by atomic mass is 32.2. The van der Waals surface area contributed by atoms with Gasteiger partial charge < -0.3 is 15.4 Å². The minimum atomic E-state index is -3.73. The number of anilines is 1. The molecule has 1 aliphatic heterocycles. The predicted molar refractivity (Wildman–Crippen MR) is 119 cm³/mol. The Hall–Kier alpha value is -3.73. The fourth-order valence-electron chi connectivity index (χ4n) is 3.17. The first-order chi connectivity index (χ1) is 15.7. The highest BCUT2D eigenvalue weighted by Gasteiger charge is 2.31. The van der Waals surface area contributed by atoms with Gasteiger partial charge in [-0.05, 0) is 50.1 Å². The van der Waals surface area contributed by atoms with Crippen LogP contribution in [0.15, 0.2) is 58.4 Å². The third-order valence-corrected chi connectivity index (χ3v) is 6.39. The topological polar surface area (TPSA) is 143 Å². The van der Waals surface area contributed by atoms with Crippen molar-refractivity contribution in [2.75, 3.05) is 11.9 Å². The molecule has 0 unspecified atom stereocenters. The van der Waals surface area contributed by atoms with Crippen LogP contribution < -0.4 is 15.4 Å². The van der Waals surface area contributed by atoms with Gasteiger partial charge in [0.15, 0.2) is 6.61 Å². The minimum absolute atomic E-state index is 0.0424. The van der Waals surface area contributed by atoms with Crippen molar-refractivity contribution in [1.82, 2.24) is 10.0 Å². The summed E-state index contributed by atoms with van der Waals surface area (Å²) in [6.07, 6.45) is 1.94. The lowest BCUT2D eigenvalue weighted by Gasteiger charge is -2.10. The molecule has 0 aromatic heterocycles. The number of nitrogens with one attached hydrogen (secondary N) is 3. The molecule has 4 rings (SSSR count). The molecular formula is C22H22N4O6S. The lowest BCUT2D eigenvalue weighted by atomic mass is 10.2. The van der Waals surface area contributed by atoms with Gasteiger partial charge >= 0.3 is 5.97 Å². The summed E-state index contributed by atoms with van der Waals surface area (Å²) in [5.41, 5.74) is 1.17. The number of carbonyl (C=O) groups is 3. The molecule has 2 amide bonds. The number of carbonyl (C=O) groups excluding carboxylic acids is 3. The van der Waals surface area contributed by atoms with Crippen LogP contribution >= 0.6 is 0 Å². The highest BCUT2D eigenvalue weighted by Crippen LogP contribution is 2.23. The largest absolute Gasteiger partial charge is 0.454 e. The molecule has 2 aromatic rings. The van der Waals surface area contributed by atoms with E-state index in [4.69, 9.17) is 4.74 Å². The maximum absolute atomic E-state index is 12.3. The normalized spacial score (nSPS) is 18.0. The molecule has 1 heterocycles. The molecule has 10 nitrogen and oxygen atoms in total. The van der Waals surface area contributed by atoms with Crippen molar-refractivity contribution in [2.24, 2.45) is 4.99 Å².